The molecule has 0 aromatic carbocycles. The van der Waals surface area contributed by atoms with Gasteiger partial charge in [0.2, 0.25) is 11.9 Å². The topological polar surface area (TPSA) is 91.8 Å². The first-order valence-corrected chi connectivity index (χ1v) is 10.5. The fourth-order valence-corrected chi connectivity index (χ4v) is 3.82. The normalized spacial score (nSPS) is 19.8. The van der Waals surface area contributed by atoms with Gasteiger partial charge in [-0.15, -0.1) is 0 Å². The highest BCUT2D eigenvalue weighted by Gasteiger charge is 2.27. The van der Waals surface area contributed by atoms with Crippen LogP contribution in [-0.2, 0) is 4.79 Å². The number of amides is 1. The number of halogens is 1. The average Bonchev–Trinajstić information content (AvgIpc) is 2.66. The van der Waals surface area contributed by atoms with E-state index in [1.54, 1.807) is 12.3 Å². The molecule has 2 aromatic rings. The van der Waals surface area contributed by atoms with Crippen LogP contribution in [0.1, 0.15) is 52.9 Å². The lowest BCUT2D eigenvalue weighted by atomic mass is 9.85. The monoisotopic (exact) mass is 404 g/mol. The van der Waals surface area contributed by atoms with Crippen molar-refractivity contribution in [1.29, 1.82) is 0 Å². The van der Waals surface area contributed by atoms with Crippen molar-refractivity contribution in [2.24, 2.45) is 5.92 Å². The Labute approximate surface area is 171 Å². The van der Waals surface area contributed by atoms with Crippen molar-refractivity contribution in [3.63, 3.8) is 0 Å². The van der Waals surface area contributed by atoms with Crippen molar-refractivity contribution in [1.82, 2.24) is 20.3 Å². The fraction of sp³-hybridized carbons (Fsp3) is 0.600. The maximum absolute atomic E-state index is 12.8. The maximum atomic E-state index is 12.8. The minimum atomic E-state index is -0.0148. The summed E-state index contributed by atoms with van der Waals surface area (Å²) in [5.41, 5.74) is 0.648. The molecule has 0 unspecified atom stereocenters. The Kier molecular flexibility index (Phi) is 7.02. The van der Waals surface area contributed by atoms with Crippen molar-refractivity contribution >= 4 is 40.2 Å². The molecule has 2 heterocycles. The van der Waals surface area contributed by atoms with E-state index in [9.17, 15) is 4.79 Å². The summed E-state index contributed by atoms with van der Waals surface area (Å²) >= 11 is 6.10. The summed E-state index contributed by atoms with van der Waals surface area (Å²) in [6, 6.07) is 2.31. The molecule has 7 nitrogen and oxygen atoms in total. The SMILES string of the molecule is CCCN[C@@H]1CCC[C@H](C(=O)Nc2ncc3cc(Cl)nc(NC(C)C)c3n2)C1. The minimum absolute atomic E-state index is 0.0114. The number of rotatable bonds is 7. The molecule has 152 valence electrons. The molecule has 2 atom stereocenters. The van der Waals surface area contributed by atoms with Crippen molar-refractivity contribution in [3.8, 4) is 0 Å². The Morgan fingerprint density at radius 3 is 2.89 bits per heavy atom. The van der Waals surface area contributed by atoms with E-state index in [2.05, 4.69) is 37.8 Å². The van der Waals surface area contributed by atoms with Crippen LogP contribution in [0.15, 0.2) is 12.3 Å². The number of hydrogen-bond acceptors (Lipinski definition) is 6. The zero-order valence-electron chi connectivity index (χ0n) is 16.8. The number of carbonyl (C=O) groups excluding carboxylic acids is 1. The fourth-order valence-electron chi connectivity index (χ4n) is 3.62. The number of pyridine rings is 1. The van der Waals surface area contributed by atoms with E-state index in [4.69, 9.17) is 11.6 Å². The largest absolute Gasteiger partial charge is 0.366 e. The Morgan fingerprint density at radius 1 is 1.32 bits per heavy atom. The zero-order valence-corrected chi connectivity index (χ0v) is 17.5. The number of anilines is 2. The van der Waals surface area contributed by atoms with Gasteiger partial charge in [-0.25, -0.2) is 15.0 Å². The Bertz CT molecular complexity index is 828. The highest BCUT2D eigenvalue weighted by atomic mass is 35.5. The molecule has 3 rings (SSSR count). The summed E-state index contributed by atoms with van der Waals surface area (Å²) in [7, 11) is 0. The number of hydrogen-bond donors (Lipinski definition) is 3. The van der Waals surface area contributed by atoms with E-state index in [1.807, 2.05) is 13.8 Å². The van der Waals surface area contributed by atoms with Gasteiger partial charge in [0.05, 0.1) is 0 Å². The summed E-state index contributed by atoms with van der Waals surface area (Å²) < 4.78 is 0. The van der Waals surface area contributed by atoms with Crippen LogP contribution in [0.3, 0.4) is 0 Å². The molecule has 8 heteroatoms. The van der Waals surface area contributed by atoms with E-state index in [1.165, 1.54) is 0 Å². The molecule has 1 fully saturated rings. The molecule has 1 aliphatic rings. The molecule has 0 saturated heterocycles. The molecule has 1 saturated carbocycles. The van der Waals surface area contributed by atoms with Crippen LogP contribution >= 0.6 is 11.6 Å². The van der Waals surface area contributed by atoms with Gasteiger partial charge in [0.15, 0.2) is 5.82 Å². The molecule has 0 aliphatic heterocycles. The van der Waals surface area contributed by atoms with Crippen molar-refractivity contribution < 1.29 is 4.79 Å². The molecule has 0 radical (unpaired) electrons. The van der Waals surface area contributed by atoms with Crippen LogP contribution in [0.4, 0.5) is 11.8 Å². The number of fused-ring (bicyclic) bond motifs is 1. The lowest BCUT2D eigenvalue weighted by Crippen LogP contribution is -2.38. The number of nitrogens with zero attached hydrogens (tertiary/aromatic N) is 3. The lowest BCUT2D eigenvalue weighted by molar-refractivity contribution is -0.121. The number of carbonyl (C=O) groups is 1. The Hall–Kier alpha value is -1.99. The number of nitrogens with one attached hydrogen (secondary N) is 3. The van der Waals surface area contributed by atoms with Crippen LogP contribution in [0.25, 0.3) is 10.9 Å². The van der Waals surface area contributed by atoms with E-state index < -0.39 is 0 Å². The van der Waals surface area contributed by atoms with Gasteiger partial charge < -0.3 is 10.6 Å². The third kappa shape index (κ3) is 5.29. The van der Waals surface area contributed by atoms with E-state index in [-0.39, 0.29) is 17.9 Å². The molecule has 3 N–H and O–H groups in total. The third-order valence-electron chi connectivity index (χ3n) is 4.92. The van der Waals surface area contributed by atoms with Gasteiger partial charge in [0.25, 0.3) is 0 Å². The van der Waals surface area contributed by atoms with Crippen molar-refractivity contribution in [3.05, 3.63) is 17.4 Å². The van der Waals surface area contributed by atoms with E-state index in [0.29, 0.717) is 28.5 Å². The Balaban J connectivity index is 1.74. The summed E-state index contributed by atoms with van der Waals surface area (Å²) in [6.07, 6.45) is 6.72. The highest BCUT2D eigenvalue weighted by Crippen LogP contribution is 2.27. The molecular weight excluding hydrogens is 376 g/mol. The molecular formula is C20H29ClN6O. The summed E-state index contributed by atoms with van der Waals surface area (Å²) in [4.78, 5) is 25.9. The van der Waals surface area contributed by atoms with Crippen LogP contribution in [0, 0.1) is 5.92 Å². The zero-order chi connectivity index (χ0) is 20.1. The summed E-state index contributed by atoms with van der Waals surface area (Å²) in [6.45, 7) is 7.18. The first-order chi connectivity index (χ1) is 13.5. The summed E-state index contributed by atoms with van der Waals surface area (Å²) in [5, 5.41) is 10.8. The van der Waals surface area contributed by atoms with Crippen LogP contribution in [-0.4, -0.2) is 39.5 Å². The highest BCUT2D eigenvalue weighted by molar-refractivity contribution is 6.30. The smallest absolute Gasteiger partial charge is 0.230 e. The van der Waals surface area contributed by atoms with Gasteiger partial charge in [0, 0.05) is 29.6 Å². The van der Waals surface area contributed by atoms with Gasteiger partial charge >= 0.3 is 0 Å². The minimum Gasteiger partial charge on any atom is -0.366 e. The second-order valence-corrected chi connectivity index (χ2v) is 8.12. The molecule has 0 spiro atoms. The van der Waals surface area contributed by atoms with Gasteiger partial charge in [-0.1, -0.05) is 24.9 Å². The van der Waals surface area contributed by atoms with E-state index >= 15 is 0 Å². The Morgan fingerprint density at radius 2 is 2.14 bits per heavy atom. The molecule has 28 heavy (non-hydrogen) atoms. The molecule has 1 aliphatic carbocycles. The van der Waals surface area contributed by atoms with Gasteiger partial charge in [-0.2, -0.15) is 0 Å². The number of aromatic nitrogens is 3. The van der Waals surface area contributed by atoms with Gasteiger partial charge in [0.1, 0.15) is 10.7 Å². The maximum Gasteiger partial charge on any atom is 0.230 e. The van der Waals surface area contributed by atoms with Crippen LogP contribution in [0.2, 0.25) is 5.15 Å². The van der Waals surface area contributed by atoms with Gasteiger partial charge in [-0.3, -0.25) is 10.1 Å². The first-order valence-electron chi connectivity index (χ1n) is 10.1. The predicted molar refractivity (Wildman–Crippen MR) is 114 cm³/mol. The first kappa shape index (κ1) is 20.7. The summed E-state index contributed by atoms with van der Waals surface area (Å²) in [5.74, 6) is 0.871. The van der Waals surface area contributed by atoms with Crippen molar-refractivity contribution in [2.75, 3.05) is 17.2 Å². The predicted octanol–water partition coefficient (Wildman–Crippen LogP) is 4.00. The van der Waals surface area contributed by atoms with Crippen LogP contribution in [0.5, 0.6) is 0 Å². The third-order valence-corrected chi connectivity index (χ3v) is 5.12. The second kappa shape index (κ2) is 9.47. The van der Waals surface area contributed by atoms with Crippen molar-refractivity contribution in [2.45, 2.75) is 65.0 Å². The quantitative estimate of drug-likeness (QED) is 0.604. The second-order valence-electron chi connectivity index (χ2n) is 7.73. The molecule has 2 aromatic heterocycles. The standard InChI is InChI=1S/C20H29ClN6O/c1-4-8-22-15-7-5-6-13(9-15)19(28)27-20-23-11-14-10-16(21)25-18(17(14)26-20)24-12(2)3/h10-13,15,22H,4-9H2,1-3H3,(H,24,25)(H,23,26,27,28)/t13-,15+/m0/s1. The molecule has 0 bridgehead atoms. The van der Waals surface area contributed by atoms with E-state index in [0.717, 1.165) is 44.0 Å². The molecule has 1 amide bonds. The van der Waals surface area contributed by atoms with Gasteiger partial charge in [-0.05, 0) is 52.1 Å². The lowest BCUT2D eigenvalue weighted by Gasteiger charge is -2.28. The average molecular weight is 405 g/mol. The van der Waals surface area contributed by atoms with Crippen LogP contribution < -0.4 is 16.0 Å².